The summed E-state index contributed by atoms with van der Waals surface area (Å²) in [7, 11) is 1.94. The molecular weight excluding hydrogens is 598 g/mol. The van der Waals surface area contributed by atoms with E-state index in [2.05, 4.69) is 68.6 Å². The number of anilines is 1. The molecule has 1 heterocycles. The van der Waals surface area contributed by atoms with Crippen molar-refractivity contribution in [1.82, 2.24) is 4.98 Å². The van der Waals surface area contributed by atoms with Crippen molar-refractivity contribution in [3.8, 4) is 5.88 Å². The van der Waals surface area contributed by atoms with Gasteiger partial charge in [-0.25, -0.2) is 0 Å². The van der Waals surface area contributed by atoms with Crippen LogP contribution in [-0.4, -0.2) is 70.1 Å². The molecule has 0 aliphatic carbocycles. The number of nitrogens with one attached hydrogen (secondary N) is 1. The van der Waals surface area contributed by atoms with Crippen LogP contribution in [-0.2, 0) is 9.47 Å². The summed E-state index contributed by atoms with van der Waals surface area (Å²) >= 11 is -2.82. The van der Waals surface area contributed by atoms with E-state index in [9.17, 15) is 4.39 Å². The summed E-state index contributed by atoms with van der Waals surface area (Å²) in [6.45, 7) is 8.33. The molecule has 2 aromatic rings. The Morgan fingerprint density at radius 2 is 1.36 bits per heavy atom. The van der Waals surface area contributed by atoms with E-state index < -0.39 is 25.1 Å². The fourth-order valence-corrected chi connectivity index (χ4v) is 21.2. The van der Waals surface area contributed by atoms with Crippen LogP contribution in [0.15, 0.2) is 36.5 Å². The first kappa shape index (κ1) is 33.6. The van der Waals surface area contributed by atoms with Crippen molar-refractivity contribution in [3.63, 3.8) is 0 Å². The molecule has 2 rings (SSSR count). The SMILES string of the molecule is CCC[CH2][Sn]([CH2]CCC)([CH2]CCC)[c]1cc(C=Cc2ccc(NC)cc2)cnc1OCCOCCOCCF. The predicted octanol–water partition coefficient (Wildman–Crippen LogP) is 7.73. The quantitative estimate of drug-likeness (QED) is 0.105. The number of ether oxygens (including phenoxy) is 3. The third-order valence-corrected chi connectivity index (χ3v) is 22.7. The Balaban J connectivity index is 2.33. The van der Waals surface area contributed by atoms with Crippen LogP contribution in [0.1, 0.15) is 70.4 Å². The average Bonchev–Trinajstić information content (AvgIpc) is 2.98. The van der Waals surface area contributed by atoms with Gasteiger partial charge in [-0.1, -0.05) is 0 Å². The summed E-state index contributed by atoms with van der Waals surface area (Å²) in [6.07, 6.45) is 13.8. The maximum absolute atomic E-state index is 12.2. The Hall–Kier alpha value is -1.64. The van der Waals surface area contributed by atoms with E-state index in [1.165, 1.54) is 61.0 Å². The molecule has 0 unspecified atom stereocenters. The molecule has 218 valence electrons. The molecule has 5 nitrogen and oxygen atoms in total. The van der Waals surface area contributed by atoms with Gasteiger partial charge in [0.1, 0.15) is 0 Å². The molecular formula is C32H51FN2O3Sn. The molecule has 0 fully saturated rings. The normalized spacial score (nSPS) is 11.8. The molecule has 0 bridgehead atoms. The molecule has 0 spiro atoms. The molecule has 7 heteroatoms. The van der Waals surface area contributed by atoms with E-state index in [1.54, 1.807) is 0 Å². The fraction of sp³-hybridized carbons (Fsp3) is 0.594. The van der Waals surface area contributed by atoms with E-state index in [-0.39, 0.29) is 6.61 Å². The topological polar surface area (TPSA) is 52.6 Å². The molecule has 0 saturated heterocycles. The van der Waals surface area contributed by atoms with Crippen LogP contribution >= 0.6 is 0 Å². The summed E-state index contributed by atoms with van der Waals surface area (Å²) in [6, 6.07) is 10.9. The summed E-state index contributed by atoms with van der Waals surface area (Å²) in [4.78, 5) is 4.91. The minimum absolute atomic E-state index is 0.123. The number of benzene rings is 1. The first-order valence-electron chi connectivity index (χ1n) is 14.9. The van der Waals surface area contributed by atoms with Gasteiger partial charge in [-0.2, -0.15) is 0 Å². The monoisotopic (exact) mass is 650 g/mol. The first-order valence-corrected chi connectivity index (χ1v) is 22.4. The van der Waals surface area contributed by atoms with Gasteiger partial charge in [0.2, 0.25) is 0 Å². The van der Waals surface area contributed by atoms with Crippen LogP contribution in [0.3, 0.4) is 0 Å². The maximum atomic E-state index is 12.2. The summed E-state index contributed by atoms with van der Waals surface area (Å²) in [5.41, 5.74) is 3.42. The number of hydrogen-bond donors (Lipinski definition) is 1. The van der Waals surface area contributed by atoms with Crippen LogP contribution in [0.25, 0.3) is 12.2 Å². The molecule has 39 heavy (non-hydrogen) atoms. The zero-order valence-corrected chi connectivity index (χ0v) is 27.6. The van der Waals surface area contributed by atoms with E-state index in [0.717, 1.165) is 17.1 Å². The number of alkyl halides is 1. The van der Waals surface area contributed by atoms with Gasteiger partial charge in [0.15, 0.2) is 0 Å². The van der Waals surface area contributed by atoms with Crippen molar-refractivity contribution in [2.45, 2.75) is 72.6 Å². The van der Waals surface area contributed by atoms with Crippen LogP contribution in [0, 0.1) is 0 Å². The summed E-state index contributed by atoms with van der Waals surface area (Å²) in [5, 5.41) is 3.17. The first-order chi connectivity index (χ1) is 19.1. The Morgan fingerprint density at radius 1 is 0.795 bits per heavy atom. The number of pyridine rings is 1. The second-order valence-electron chi connectivity index (χ2n) is 10.2. The van der Waals surface area contributed by atoms with Gasteiger partial charge in [-0.3, -0.25) is 0 Å². The summed E-state index contributed by atoms with van der Waals surface area (Å²) < 4.78 is 34.8. The Bertz CT molecular complexity index is 918. The number of rotatable bonds is 22. The van der Waals surface area contributed by atoms with Gasteiger partial charge < -0.3 is 0 Å². The van der Waals surface area contributed by atoms with E-state index in [1.807, 2.05) is 13.2 Å². The third kappa shape index (κ3) is 12.2. The van der Waals surface area contributed by atoms with Gasteiger partial charge in [0.05, 0.1) is 0 Å². The molecule has 0 aliphatic rings. The number of nitrogens with zero attached hydrogens (tertiary/aromatic N) is 1. The van der Waals surface area contributed by atoms with E-state index in [0.29, 0.717) is 26.4 Å². The van der Waals surface area contributed by atoms with Crippen molar-refractivity contribution < 1.29 is 18.6 Å². The Kier molecular flexibility index (Phi) is 17.4. The summed E-state index contributed by atoms with van der Waals surface area (Å²) in [5.74, 6) is 0.821. The number of unbranched alkanes of at least 4 members (excludes halogenated alkanes) is 3. The van der Waals surface area contributed by atoms with Gasteiger partial charge in [0, 0.05) is 0 Å². The van der Waals surface area contributed by atoms with E-state index >= 15 is 0 Å². The Morgan fingerprint density at radius 3 is 1.92 bits per heavy atom. The van der Waals surface area contributed by atoms with Gasteiger partial charge in [-0.05, 0) is 0 Å². The zero-order chi connectivity index (χ0) is 28.2. The van der Waals surface area contributed by atoms with E-state index in [4.69, 9.17) is 19.2 Å². The standard InChI is InChI=1S/C20H24FN2O3.3C4H9.Sn/c1-22-19-7-4-17(5-8-19)2-3-18-6-9-20(23-16-18)26-15-14-25-13-12-24-11-10-21;3*1-3-4-2;/h2-8,16,22H,10-15H2,1H3;3*1,3-4H2,2H3;. The van der Waals surface area contributed by atoms with Crippen molar-refractivity contribution in [2.24, 2.45) is 0 Å². The van der Waals surface area contributed by atoms with Gasteiger partial charge in [0.25, 0.3) is 0 Å². The van der Waals surface area contributed by atoms with Crippen LogP contribution < -0.4 is 13.6 Å². The van der Waals surface area contributed by atoms with Crippen molar-refractivity contribution in [1.29, 1.82) is 0 Å². The van der Waals surface area contributed by atoms with Crippen LogP contribution in [0.2, 0.25) is 13.3 Å². The second kappa shape index (κ2) is 20.3. The van der Waals surface area contributed by atoms with Crippen molar-refractivity contribution in [3.05, 3.63) is 47.7 Å². The molecule has 0 saturated carbocycles. The molecule has 0 radical (unpaired) electrons. The molecule has 1 N–H and O–H groups in total. The molecule has 0 atom stereocenters. The molecule has 1 aromatic heterocycles. The second-order valence-corrected chi connectivity index (χ2v) is 23.3. The fourth-order valence-electron chi connectivity index (χ4n) is 4.91. The minimum atomic E-state index is -2.82. The van der Waals surface area contributed by atoms with Crippen molar-refractivity contribution in [2.75, 3.05) is 52.1 Å². The number of aromatic nitrogens is 1. The van der Waals surface area contributed by atoms with Crippen LogP contribution in [0.5, 0.6) is 5.88 Å². The number of halogens is 1. The van der Waals surface area contributed by atoms with Crippen molar-refractivity contribution >= 4 is 39.8 Å². The Labute approximate surface area is 240 Å². The van der Waals surface area contributed by atoms with Gasteiger partial charge >= 0.3 is 242 Å². The predicted molar refractivity (Wildman–Crippen MR) is 167 cm³/mol. The average molecular weight is 649 g/mol. The molecule has 0 aliphatic heterocycles. The van der Waals surface area contributed by atoms with Crippen LogP contribution in [0.4, 0.5) is 10.1 Å². The molecule has 1 aromatic carbocycles. The zero-order valence-electron chi connectivity index (χ0n) is 24.8. The molecule has 0 amide bonds. The van der Waals surface area contributed by atoms with Gasteiger partial charge in [-0.15, -0.1) is 0 Å². The number of hydrogen-bond acceptors (Lipinski definition) is 5. The third-order valence-electron chi connectivity index (χ3n) is 7.20.